The fraction of sp³-hybridized carbons (Fsp3) is 0.389. The maximum atomic E-state index is 12.6. The van der Waals surface area contributed by atoms with Gasteiger partial charge in [0.05, 0.1) is 6.04 Å². The van der Waals surface area contributed by atoms with Crippen molar-refractivity contribution >= 4 is 29.1 Å². The number of carbonyl (C=O) groups excluding carboxylic acids is 1. The number of benzene rings is 1. The topological polar surface area (TPSA) is 61.4 Å². The van der Waals surface area contributed by atoms with Gasteiger partial charge in [-0.05, 0) is 37.6 Å². The maximum absolute atomic E-state index is 12.6. The first-order valence-corrected chi connectivity index (χ1v) is 8.75. The van der Waals surface area contributed by atoms with Gasteiger partial charge in [0.25, 0.3) is 0 Å². The van der Waals surface area contributed by atoms with Crippen LogP contribution in [0.5, 0.6) is 0 Å². The summed E-state index contributed by atoms with van der Waals surface area (Å²) in [6, 6.07) is 7.11. The number of aryl methyl sites for hydroxylation is 1. The predicted molar refractivity (Wildman–Crippen MR) is 100 cm³/mol. The molecule has 2 heterocycles. The Morgan fingerprint density at radius 1 is 1.20 bits per heavy atom. The molecule has 0 saturated carbocycles. The van der Waals surface area contributed by atoms with Crippen LogP contribution >= 0.6 is 11.6 Å². The molecular weight excluding hydrogens is 338 g/mol. The van der Waals surface area contributed by atoms with E-state index in [-0.39, 0.29) is 11.9 Å². The second-order valence-corrected chi connectivity index (χ2v) is 6.63. The van der Waals surface area contributed by atoms with Crippen LogP contribution < -0.4 is 10.2 Å². The van der Waals surface area contributed by atoms with E-state index in [0.29, 0.717) is 5.02 Å². The Hall–Kier alpha value is -2.18. The molecule has 0 bridgehead atoms. The minimum atomic E-state index is -0.211. The van der Waals surface area contributed by atoms with Crippen molar-refractivity contribution < 1.29 is 4.79 Å². The molecular formula is C18H22ClN5O. The Morgan fingerprint density at radius 3 is 2.56 bits per heavy atom. The number of nitrogens with one attached hydrogen (secondary N) is 1. The smallest absolute Gasteiger partial charge is 0.241 e. The lowest BCUT2D eigenvalue weighted by atomic mass is 10.1. The molecule has 3 rings (SSSR count). The highest BCUT2D eigenvalue weighted by molar-refractivity contribution is 6.31. The van der Waals surface area contributed by atoms with E-state index < -0.39 is 0 Å². The Labute approximate surface area is 152 Å². The highest BCUT2D eigenvalue weighted by Gasteiger charge is 2.26. The number of amides is 1. The normalized spacial score (nSPS) is 16.5. The van der Waals surface area contributed by atoms with Gasteiger partial charge in [-0.1, -0.05) is 17.7 Å². The van der Waals surface area contributed by atoms with Crippen molar-refractivity contribution in [3.63, 3.8) is 0 Å². The summed E-state index contributed by atoms with van der Waals surface area (Å²) in [6.45, 7) is 7.08. The lowest BCUT2D eigenvalue weighted by Gasteiger charge is -2.37. The van der Waals surface area contributed by atoms with Crippen molar-refractivity contribution in [2.75, 3.05) is 36.4 Å². The summed E-state index contributed by atoms with van der Waals surface area (Å²) in [5.41, 5.74) is 1.76. The van der Waals surface area contributed by atoms with Gasteiger partial charge in [0.2, 0.25) is 11.9 Å². The lowest BCUT2D eigenvalue weighted by molar-refractivity contribution is -0.120. The van der Waals surface area contributed by atoms with Crippen LogP contribution in [0.25, 0.3) is 0 Å². The fourth-order valence-electron chi connectivity index (χ4n) is 2.90. The van der Waals surface area contributed by atoms with E-state index in [9.17, 15) is 4.79 Å². The Morgan fingerprint density at radius 2 is 1.88 bits per heavy atom. The standard InChI is InChI=1S/C18H22ClN5O/c1-13-4-5-15(19)12-16(13)22-17(25)14(2)23-8-10-24(11-9-23)18-20-6-3-7-21-18/h3-7,12,14H,8-11H2,1-2H3,(H,22,25). The molecule has 0 spiro atoms. The summed E-state index contributed by atoms with van der Waals surface area (Å²) in [4.78, 5) is 25.5. The summed E-state index contributed by atoms with van der Waals surface area (Å²) in [5, 5.41) is 3.60. The number of halogens is 1. The van der Waals surface area contributed by atoms with Crippen LogP contribution in [-0.2, 0) is 4.79 Å². The summed E-state index contributed by atoms with van der Waals surface area (Å²) in [6.07, 6.45) is 3.50. The second-order valence-electron chi connectivity index (χ2n) is 6.20. The van der Waals surface area contributed by atoms with E-state index >= 15 is 0 Å². The average molecular weight is 360 g/mol. The van der Waals surface area contributed by atoms with Crippen LogP contribution in [0.2, 0.25) is 5.02 Å². The van der Waals surface area contributed by atoms with E-state index in [0.717, 1.165) is 43.4 Å². The molecule has 6 nitrogen and oxygen atoms in total. The van der Waals surface area contributed by atoms with Crippen molar-refractivity contribution in [1.29, 1.82) is 0 Å². The molecule has 1 aliphatic heterocycles. The molecule has 1 aromatic heterocycles. The number of anilines is 2. The molecule has 7 heteroatoms. The first-order chi connectivity index (χ1) is 12.0. The van der Waals surface area contributed by atoms with Crippen LogP contribution in [0, 0.1) is 6.92 Å². The summed E-state index contributed by atoms with van der Waals surface area (Å²) < 4.78 is 0. The quantitative estimate of drug-likeness (QED) is 0.909. The predicted octanol–water partition coefficient (Wildman–Crippen LogP) is 2.59. The zero-order valence-corrected chi connectivity index (χ0v) is 15.2. The van der Waals surface area contributed by atoms with Gasteiger partial charge in [-0.3, -0.25) is 9.69 Å². The minimum Gasteiger partial charge on any atom is -0.338 e. The van der Waals surface area contributed by atoms with Gasteiger partial charge >= 0.3 is 0 Å². The van der Waals surface area contributed by atoms with E-state index in [1.165, 1.54) is 0 Å². The fourth-order valence-corrected chi connectivity index (χ4v) is 3.07. The van der Waals surface area contributed by atoms with Crippen LogP contribution in [0.4, 0.5) is 11.6 Å². The number of aromatic nitrogens is 2. The van der Waals surface area contributed by atoms with Crippen molar-refractivity contribution in [3.8, 4) is 0 Å². The van der Waals surface area contributed by atoms with Gasteiger partial charge in [-0.15, -0.1) is 0 Å². The number of nitrogens with zero attached hydrogens (tertiary/aromatic N) is 4. The zero-order valence-electron chi connectivity index (χ0n) is 14.4. The molecule has 25 heavy (non-hydrogen) atoms. The number of hydrogen-bond acceptors (Lipinski definition) is 5. The van der Waals surface area contributed by atoms with E-state index in [4.69, 9.17) is 11.6 Å². The van der Waals surface area contributed by atoms with Crippen molar-refractivity contribution in [3.05, 3.63) is 47.2 Å². The molecule has 1 N–H and O–H groups in total. The third-order valence-corrected chi connectivity index (χ3v) is 4.77. The van der Waals surface area contributed by atoms with Gasteiger partial charge < -0.3 is 10.2 Å². The molecule has 0 aliphatic carbocycles. The van der Waals surface area contributed by atoms with Gasteiger partial charge in [-0.2, -0.15) is 0 Å². The van der Waals surface area contributed by atoms with Gasteiger partial charge in [-0.25, -0.2) is 9.97 Å². The van der Waals surface area contributed by atoms with Crippen molar-refractivity contribution in [2.24, 2.45) is 0 Å². The maximum Gasteiger partial charge on any atom is 0.241 e. The van der Waals surface area contributed by atoms with Crippen LogP contribution in [0.1, 0.15) is 12.5 Å². The molecule has 1 aliphatic rings. The molecule has 1 fully saturated rings. The van der Waals surface area contributed by atoms with Gasteiger partial charge in [0.1, 0.15) is 0 Å². The molecule has 1 unspecified atom stereocenters. The molecule has 1 saturated heterocycles. The number of carbonyl (C=O) groups is 1. The van der Waals surface area contributed by atoms with Gasteiger partial charge in [0.15, 0.2) is 0 Å². The molecule has 0 radical (unpaired) electrons. The highest BCUT2D eigenvalue weighted by Crippen LogP contribution is 2.21. The Balaban J connectivity index is 1.57. The number of piperazine rings is 1. The monoisotopic (exact) mass is 359 g/mol. The van der Waals surface area contributed by atoms with E-state index in [1.54, 1.807) is 18.5 Å². The van der Waals surface area contributed by atoms with Crippen LogP contribution in [0.15, 0.2) is 36.7 Å². The van der Waals surface area contributed by atoms with Crippen molar-refractivity contribution in [1.82, 2.24) is 14.9 Å². The SMILES string of the molecule is Cc1ccc(Cl)cc1NC(=O)C(C)N1CCN(c2ncccn2)CC1. The van der Waals surface area contributed by atoms with E-state index in [2.05, 4.69) is 25.1 Å². The molecule has 1 amide bonds. The molecule has 1 aromatic carbocycles. The first-order valence-electron chi connectivity index (χ1n) is 8.37. The zero-order chi connectivity index (χ0) is 17.8. The average Bonchev–Trinajstić information content (AvgIpc) is 2.65. The molecule has 132 valence electrons. The van der Waals surface area contributed by atoms with Gasteiger partial charge in [0, 0.05) is 49.3 Å². The first kappa shape index (κ1) is 17.6. The second kappa shape index (κ2) is 7.80. The summed E-state index contributed by atoms with van der Waals surface area (Å²) in [7, 11) is 0. The number of hydrogen-bond donors (Lipinski definition) is 1. The van der Waals surface area contributed by atoms with Crippen LogP contribution in [0.3, 0.4) is 0 Å². The summed E-state index contributed by atoms with van der Waals surface area (Å²) >= 11 is 6.02. The van der Waals surface area contributed by atoms with Crippen molar-refractivity contribution in [2.45, 2.75) is 19.9 Å². The number of rotatable bonds is 4. The minimum absolute atomic E-state index is 0.0187. The molecule has 2 aromatic rings. The largest absolute Gasteiger partial charge is 0.338 e. The Kier molecular flexibility index (Phi) is 5.50. The highest BCUT2D eigenvalue weighted by atomic mass is 35.5. The summed E-state index contributed by atoms with van der Waals surface area (Å²) in [5.74, 6) is 0.726. The molecule has 1 atom stereocenters. The van der Waals surface area contributed by atoms with E-state index in [1.807, 2.05) is 32.0 Å². The Bertz CT molecular complexity index is 732. The third-order valence-electron chi connectivity index (χ3n) is 4.53. The lowest BCUT2D eigenvalue weighted by Crippen LogP contribution is -2.53. The van der Waals surface area contributed by atoms with Crippen LogP contribution in [-0.4, -0.2) is 53.0 Å². The third kappa shape index (κ3) is 4.27.